The molecular formula is C19H36N4O2. The minimum Gasteiger partial charge on any atom is -0.377 e. The van der Waals surface area contributed by atoms with E-state index in [0.717, 1.165) is 51.5 Å². The van der Waals surface area contributed by atoms with Gasteiger partial charge in [-0.15, -0.1) is 0 Å². The van der Waals surface area contributed by atoms with Gasteiger partial charge in [0.1, 0.15) is 0 Å². The van der Waals surface area contributed by atoms with Crippen LogP contribution in [0, 0.1) is 17.3 Å². The standard InChI is InChI=1S/C19H36N4O2/c1-19(2,3)17-15(8-6-10-25-17)12-22-18(21-4)23-9-5-7-14(13-23)11-16(20)24/h14-15,17H,5-13H2,1-4H3,(H2,20,24)(H,21,22). The Morgan fingerprint density at radius 1 is 1.32 bits per heavy atom. The van der Waals surface area contributed by atoms with Gasteiger partial charge in [-0.2, -0.15) is 0 Å². The summed E-state index contributed by atoms with van der Waals surface area (Å²) in [5, 5.41) is 3.56. The molecular weight excluding hydrogens is 316 g/mol. The Morgan fingerprint density at radius 3 is 2.72 bits per heavy atom. The number of ether oxygens (including phenoxy) is 1. The number of nitrogens with two attached hydrogens (primary N) is 1. The molecule has 2 fully saturated rings. The number of guanidine groups is 1. The zero-order valence-electron chi connectivity index (χ0n) is 16.4. The van der Waals surface area contributed by atoms with Crippen molar-refractivity contribution in [2.75, 3.05) is 33.3 Å². The maximum atomic E-state index is 11.2. The molecule has 0 saturated carbocycles. The first-order valence-electron chi connectivity index (χ1n) is 9.66. The number of rotatable bonds is 4. The molecule has 0 radical (unpaired) electrons. The third kappa shape index (κ3) is 5.87. The molecule has 2 aliphatic heterocycles. The van der Waals surface area contributed by atoms with E-state index < -0.39 is 0 Å². The first-order chi connectivity index (χ1) is 11.8. The second-order valence-electron chi connectivity index (χ2n) is 8.61. The molecule has 3 N–H and O–H groups in total. The van der Waals surface area contributed by atoms with Gasteiger partial charge in [0.15, 0.2) is 5.96 Å². The van der Waals surface area contributed by atoms with Crippen molar-refractivity contribution in [2.45, 2.75) is 59.0 Å². The lowest BCUT2D eigenvalue weighted by Gasteiger charge is -2.41. The lowest BCUT2D eigenvalue weighted by Crippen LogP contribution is -2.50. The second kappa shape index (κ2) is 8.88. The van der Waals surface area contributed by atoms with E-state index in [1.807, 2.05) is 7.05 Å². The summed E-state index contributed by atoms with van der Waals surface area (Å²) in [5.74, 6) is 1.57. The van der Waals surface area contributed by atoms with Crippen molar-refractivity contribution in [1.82, 2.24) is 10.2 Å². The van der Waals surface area contributed by atoms with Crippen LogP contribution in [0.25, 0.3) is 0 Å². The summed E-state index contributed by atoms with van der Waals surface area (Å²) >= 11 is 0. The van der Waals surface area contributed by atoms with Crippen molar-refractivity contribution in [3.05, 3.63) is 0 Å². The predicted octanol–water partition coefficient (Wildman–Crippen LogP) is 1.99. The Hall–Kier alpha value is -1.30. The molecule has 2 heterocycles. The largest absolute Gasteiger partial charge is 0.377 e. The topological polar surface area (TPSA) is 80.0 Å². The molecule has 2 aliphatic rings. The number of hydrogen-bond donors (Lipinski definition) is 2. The molecule has 0 bridgehead atoms. The van der Waals surface area contributed by atoms with Crippen LogP contribution in [0.1, 0.15) is 52.9 Å². The third-order valence-electron chi connectivity index (χ3n) is 5.34. The summed E-state index contributed by atoms with van der Waals surface area (Å²) in [7, 11) is 1.83. The van der Waals surface area contributed by atoms with Crippen LogP contribution in [0.5, 0.6) is 0 Å². The number of piperidine rings is 1. The lowest BCUT2D eigenvalue weighted by atomic mass is 9.78. The van der Waals surface area contributed by atoms with Crippen molar-refractivity contribution in [3.8, 4) is 0 Å². The van der Waals surface area contributed by atoms with Crippen molar-refractivity contribution in [1.29, 1.82) is 0 Å². The van der Waals surface area contributed by atoms with E-state index in [9.17, 15) is 4.79 Å². The van der Waals surface area contributed by atoms with Gasteiger partial charge in [0.25, 0.3) is 0 Å². The highest BCUT2D eigenvalue weighted by molar-refractivity contribution is 5.80. The molecule has 0 aromatic rings. The van der Waals surface area contributed by atoms with E-state index in [4.69, 9.17) is 10.5 Å². The monoisotopic (exact) mass is 352 g/mol. The number of aliphatic imine (C=N–C) groups is 1. The normalized spacial score (nSPS) is 28.7. The predicted molar refractivity (Wildman–Crippen MR) is 101 cm³/mol. The molecule has 0 spiro atoms. The minimum atomic E-state index is -0.206. The van der Waals surface area contributed by atoms with Crippen molar-refractivity contribution in [2.24, 2.45) is 28.0 Å². The first kappa shape index (κ1) is 20.0. The molecule has 2 saturated heterocycles. The van der Waals surface area contributed by atoms with Crippen molar-refractivity contribution < 1.29 is 9.53 Å². The summed E-state index contributed by atoms with van der Waals surface area (Å²) < 4.78 is 6.08. The number of amides is 1. The zero-order chi connectivity index (χ0) is 18.4. The van der Waals surface area contributed by atoms with Crippen LogP contribution in [-0.4, -0.2) is 56.2 Å². The molecule has 25 heavy (non-hydrogen) atoms. The maximum Gasteiger partial charge on any atom is 0.217 e. The smallest absolute Gasteiger partial charge is 0.217 e. The lowest BCUT2D eigenvalue weighted by molar-refractivity contribution is -0.119. The van der Waals surface area contributed by atoms with E-state index in [2.05, 4.69) is 36.0 Å². The Morgan fingerprint density at radius 2 is 2.08 bits per heavy atom. The van der Waals surface area contributed by atoms with Gasteiger partial charge < -0.3 is 20.7 Å². The fourth-order valence-electron chi connectivity index (χ4n) is 4.27. The van der Waals surface area contributed by atoms with Crippen LogP contribution in [0.15, 0.2) is 4.99 Å². The van der Waals surface area contributed by atoms with E-state index in [1.165, 1.54) is 6.42 Å². The van der Waals surface area contributed by atoms with Crippen molar-refractivity contribution >= 4 is 11.9 Å². The molecule has 2 rings (SSSR count). The summed E-state index contributed by atoms with van der Waals surface area (Å²) in [6, 6.07) is 0. The molecule has 6 nitrogen and oxygen atoms in total. The summed E-state index contributed by atoms with van der Waals surface area (Å²) in [6.45, 7) is 10.3. The highest BCUT2D eigenvalue weighted by Crippen LogP contribution is 2.33. The number of likely N-dealkylation sites (tertiary alicyclic amines) is 1. The van der Waals surface area contributed by atoms with E-state index >= 15 is 0 Å². The Kier molecular flexibility index (Phi) is 7.11. The minimum absolute atomic E-state index is 0.147. The van der Waals surface area contributed by atoms with Crippen LogP contribution in [0.4, 0.5) is 0 Å². The molecule has 0 aliphatic carbocycles. The van der Waals surface area contributed by atoms with Crippen LogP contribution < -0.4 is 11.1 Å². The Balaban J connectivity index is 1.92. The average Bonchev–Trinajstić information content (AvgIpc) is 2.54. The van der Waals surface area contributed by atoms with Gasteiger partial charge in [-0.25, -0.2) is 0 Å². The summed E-state index contributed by atoms with van der Waals surface area (Å²) in [5.41, 5.74) is 5.52. The zero-order valence-corrected chi connectivity index (χ0v) is 16.4. The van der Waals surface area contributed by atoms with Gasteiger partial charge in [0.05, 0.1) is 6.10 Å². The highest BCUT2D eigenvalue weighted by Gasteiger charge is 2.35. The Bertz CT molecular complexity index is 473. The van der Waals surface area contributed by atoms with Crippen LogP contribution in [0.3, 0.4) is 0 Å². The molecule has 144 valence electrons. The van der Waals surface area contributed by atoms with Gasteiger partial charge >= 0.3 is 0 Å². The quantitative estimate of drug-likeness (QED) is 0.599. The van der Waals surface area contributed by atoms with Gasteiger partial charge in [0, 0.05) is 45.6 Å². The first-order valence-corrected chi connectivity index (χ1v) is 9.66. The van der Waals surface area contributed by atoms with E-state index in [-0.39, 0.29) is 17.4 Å². The summed E-state index contributed by atoms with van der Waals surface area (Å²) in [4.78, 5) is 18.0. The summed E-state index contributed by atoms with van der Waals surface area (Å²) in [6.07, 6.45) is 5.21. The number of carbonyl (C=O) groups excluding carboxylic acids is 1. The maximum absolute atomic E-state index is 11.2. The van der Waals surface area contributed by atoms with Crippen molar-refractivity contribution in [3.63, 3.8) is 0 Å². The van der Waals surface area contributed by atoms with Crippen LogP contribution >= 0.6 is 0 Å². The molecule has 1 amide bonds. The number of nitrogens with one attached hydrogen (secondary N) is 1. The molecule has 3 atom stereocenters. The van der Waals surface area contributed by atoms with Crippen LogP contribution in [0.2, 0.25) is 0 Å². The molecule has 3 unspecified atom stereocenters. The highest BCUT2D eigenvalue weighted by atomic mass is 16.5. The third-order valence-corrected chi connectivity index (χ3v) is 5.34. The van der Waals surface area contributed by atoms with E-state index in [0.29, 0.717) is 18.3 Å². The molecule has 6 heteroatoms. The second-order valence-corrected chi connectivity index (χ2v) is 8.61. The number of carbonyl (C=O) groups is 1. The van der Waals surface area contributed by atoms with Gasteiger partial charge in [-0.05, 0) is 37.0 Å². The SMILES string of the molecule is CN=C(NCC1CCCOC1C(C)(C)C)N1CCCC(CC(N)=O)C1. The van der Waals surface area contributed by atoms with Gasteiger partial charge in [0.2, 0.25) is 5.91 Å². The number of nitrogens with zero attached hydrogens (tertiary/aromatic N) is 2. The van der Waals surface area contributed by atoms with Gasteiger partial charge in [-0.1, -0.05) is 20.8 Å². The average molecular weight is 353 g/mol. The Labute approximate surface area is 152 Å². The van der Waals surface area contributed by atoms with Crippen LogP contribution in [-0.2, 0) is 9.53 Å². The number of hydrogen-bond acceptors (Lipinski definition) is 3. The number of primary amides is 1. The molecule has 0 aromatic heterocycles. The fourth-order valence-corrected chi connectivity index (χ4v) is 4.27. The fraction of sp³-hybridized carbons (Fsp3) is 0.895. The van der Waals surface area contributed by atoms with Gasteiger partial charge in [-0.3, -0.25) is 9.79 Å². The van der Waals surface area contributed by atoms with E-state index in [1.54, 1.807) is 0 Å². The molecule has 0 aromatic carbocycles.